The Morgan fingerprint density at radius 1 is 1.89 bits per heavy atom. The van der Waals surface area contributed by atoms with Crippen molar-refractivity contribution in [3.63, 3.8) is 0 Å². The summed E-state index contributed by atoms with van der Waals surface area (Å²) in [5, 5.41) is 9.45. The van der Waals surface area contributed by atoms with Crippen LogP contribution in [-0.2, 0) is 4.79 Å². The first-order valence-electron chi connectivity index (χ1n) is 3.35. The van der Waals surface area contributed by atoms with E-state index in [4.69, 9.17) is 0 Å². The molecule has 1 fully saturated rings. The molecule has 0 saturated heterocycles. The monoisotopic (exact) mass is 128 g/mol. The molecule has 1 saturated carbocycles. The average molecular weight is 128 g/mol. The Bertz CT molecular complexity index is 122. The van der Waals surface area contributed by atoms with Crippen LogP contribution < -0.4 is 0 Å². The molecule has 1 N–H and O–H groups in total. The van der Waals surface area contributed by atoms with E-state index in [-0.39, 0.29) is 0 Å². The molecule has 9 heavy (non-hydrogen) atoms. The number of aldehydes is 1. The number of carbonyl (C=O) groups excluding carboxylic acids is 1. The van der Waals surface area contributed by atoms with E-state index >= 15 is 0 Å². The zero-order valence-electron chi connectivity index (χ0n) is 5.63. The highest BCUT2D eigenvalue weighted by Crippen LogP contribution is 2.39. The SMILES string of the molecule is CC1CCC1(O)CC=O. The topological polar surface area (TPSA) is 37.3 Å². The second-order valence-corrected chi connectivity index (χ2v) is 2.91. The number of hydrogen-bond acceptors (Lipinski definition) is 2. The molecule has 2 atom stereocenters. The molecule has 2 unspecified atom stereocenters. The Hall–Kier alpha value is -0.370. The summed E-state index contributed by atoms with van der Waals surface area (Å²) < 4.78 is 0. The van der Waals surface area contributed by atoms with Gasteiger partial charge in [0, 0.05) is 6.42 Å². The summed E-state index contributed by atoms with van der Waals surface area (Å²) in [5.74, 6) is 0.322. The van der Waals surface area contributed by atoms with Gasteiger partial charge in [-0.05, 0) is 18.8 Å². The molecule has 0 aromatic rings. The maximum atomic E-state index is 10.00. The first-order chi connectivity index (χ1) is 4.19. The lowest BCUT2D eigenvalue weighted by Gasteiger charge is -2.42. The van der Waals surface area contributed by atoms with E-state index in [1.807, 2.05) is 6.92 Å². The number of aliphatic hydroxyl groups is 1. The largest absolute Gasteiger partial charge is 0.389 e. The number of carbonyl (C=O) groups is 1. The highest BCUT2D eigenvalue weighted by Gasteiger charge is 2.41. The summed E-state index contributed by atoms with van der Waals surface area (Å²) in [6.07, 6.45) is 2.97. The van der Waals surface area contributed by atoms with Crippen LogP contribution in [0.5, 0.6) is 0 Å². The van der Waals surface area contributed by atoms with Gasteiger partial charge in [0.2, 0.25) is 0 Å². The highest BCUT2D eigenvalue weighted by molar-refractivity contribution is 5.51. The lowest BCUT2D eigenvalue weighted by Crippen LogP contribution is -2.45. The third-order valence-corrected chi connectivity index (χ3v) is 2.36. The van der Waals surface area contributed by atoms with Crippen LogP contribution in [0.2, 0.25) is 0 Å². The molecule has 1 aliphatic rings. The van der Waals surface area contributed by atoms with Crippen molar-refractivity contribution in [2.75, 3.05) is 0 Å². The van der Waals surface area contributed by atoms with Gasteiger partial charge in [-0.2, -0.15) is 0 Å². The predicted octanol–water partition coefficient (Wildman–Crippen LogP) is 0.736. The minimum absolute atomic E-state index is 0.314. The van der Waals surface area contributed by atoms with E-state index in [2.05, 4.69) is 0 Å². The second-order valence-electron chi connectivity index (χ2n) is 2.91. The number of hydrogen-bond donors (Lipinski definition) is 1. The maximum Gasteiger partial charge on any atom is 0.122 e. The smallest absolute Gasteiger partial charge is 0.122 e. The zero-order valence-corrected chi connectivity index (χ0v) is 5.63. The molecular weight excluding hydrogens is 116 g/mol. The van der Waals surface area contributed by atoms with Crippen molar-refractivity contribution in [1.82, 2.24) is 0 Å². The Kier molecular flexibility index (Phi) is 1.58. The molecule has 0 aromatic heterocycles. The Morgan fingerprint density at radius 2 is 2.56 bits per heavy atom. The summed E-state index contributed by atoms with van der Waals surface area (Å²) in [6, 6.07) is 0. The second kappa shape index (κ2) is 2.10. The van der Waals surface area contributed by atoms with Crippen LogP contribution in [-0.4, -0.2) is 17.0 Å². The van der Waals surface area contributed by atoms with Crippen molar-refractivity contribution in [1.29, 1.82) is 0 Å². The fourth-order valence-corrected chi connectivity index (χ4v) is 1.21. The summed E-state index contributed by atoms with van der Waals surface area (Å²) in [4.78, 5) is 10.00. The molecule has 52 valence electrons. The first kappa shape index (κ1) is 6.75. The molecule has 0 aliphatic heterocycles. The summed E-state index contributed by atoms with van der Waals surface area (Å²) >= 11 is 0. The summed E-state index contributed by atoms with van der Waals surface area (Å²) in [7, 11) is 0. The van der Waals surface area contributed by atoms with Crippen molar-refractivity contribution in [2.45, 2.75) is 31.8 Å². The molecule has 0 heterocycles. The fourth-order valence-electron chi connectivity index (χ4n) is 1.21. The van der Waals surface area contributed by atoms with Gasteiger partial charge in [0.25, 0.3) is 0 Å². The van der Waals surface area contributed by atoms with Crippen LogP contribution in [0.15, 0.2) is 0 Å². The Balaban J connectivity index is 2.43. The van der Waals surface area contributed by atoms with Crippen LogP contribution >= 0.6 is 0 Å². The lowest BCUT2D eigenvalue weighted by atomic mass is 9.69. The van der Waals surface area contributed by atoms with Crippen LogP contribution in [0.4, 0.5) is 0 Å². The van der Waals surface area contributed by atoms with Gasteiger partial charge in [-0.15, -0.1) is 0 Å². The maximum absolute atomic E-state index is 10.00. The molecule has 1 rings (SSSR count). The van der Waals surface area contributed by atoms with E-state index in [0.717, 1.165) is 19.1 Å². The Morgan fingerprint density at radius 3 is 2.67 bits per heavy atom. The van der Waals surface area contributed by atoms with E-state index in [1.165, 1.54) is 0 Å². The molecule has 2 heteroatoms. The van der Waals surface area contributed by atoms with Gasteiger partial charge < -0.3 is 9.90 Å². The van der Waals surface area contributed by atoms with Gasteiger partial charge >= 0.3 is 0 Å². The van der Waals surface area contributed by atoms with Crippen molar-refractivity contribution >= 4 is 6.29 Å². The van der Waals surface area contributed by atoms with E-state index < -0.39 is 5.60 Å². The van der Waals surface area contributed by atoms with Crippen molar-refractivity contribution in [3.05, 3.63) is 0 Å². The van der Waals surface area contributed by atoms with E-state index in [0.29, 0.717) is 12.3 Å². The van der Waals surface area contributed by atoms with Gasteiger partial charge in [0.15, 0.2) is 0 Å². The standard InChI is InChI=1S/C7H12O2/c1-6-2-3-7(6,9)4-5-8/h5-6,9H,2-4H2,1H3. The van der Waals surface area contributed by atoms with Gasteiger partial charge in [-0.1, -0.05) is 6.92 Å². The summed E-state index contributed by atoms with van der Waals surface area (Å²) in [5.41, 5.74) is -0.637. The van der Waals surface area contributed by atoms with Crippen molar-refractivity contribution < 1.29 is 9.90 Å². The fraction of sp³-hybridized carbons (Fsp3) is 0.857. The first-order valence-corrected chi connectivity index (χ1v) is 3.35. The average Bonchev–Trinajstić information content (AvgIpc) is 1.86. The van der Waals surface area contributed by atoms with Gasteiger partial charge in [-0.3, -0.25) is 0 Å². The van der Waals surface area contributed by atoms with Gasteiger partial charge in [0.1, 0.15) is 6.29 Å². The molecule has 0 amide bonds. The van der Waals surface area contributed by atoms with Gasteiger partial charge in [-0.25, -0.2) is 0 Å². The van der Waals surface area contributed by atoms with E-state index in [1.54, 1.807) is 0 Å². The lowest BCUT2D eigenvalue weighted by molar-refractivity contribution is -0.125. The predicted molar refractivity (Wildman–Crippen MR) is 34.0 cm³/mol. The highest BCUT2D eigenvalue weighted by atomic mass is 16.3. The summed E-state index contributed by atoms with van der Waals surface area (Å²) in [6.45, 7) is 1.98. The molecule has 2 nitrogen and oxygen atoms in total. The molecule has 0 spiro atoms. The van der Waals surface area contributed by atoms with Crippen LogP contribution in [0, 0.1) is 5.92 Å². The molecule has 0 radical (unpaired) electrons. The quantitative estimate of drug-likeness (QED) is 0.557. The normalized spacial score (nSPS) is 41.8. The minimum Gasteiger partial charge on any atom is -0.389 e. The zero-order chi connectivity index (χ0) is 6.91. The minimum atomic E-state index is -0.637. The molecular formula is C7H12O2. The van der Waals surface area contributed by atoms with Crippen LogP contribution in [0.1, 0.15) is 26.2 Å². The molecule has 0 bridgehead atoms. The van der Waals surface area contributed by atoms with Crippen molar-refractivity contribution in [3.8, 4) is 0 Å². The third-order valence-electron chi connectivity index (χ3n) is 2.36. The van der Waals surface area contributed by atoms with Crippen LogP contribution in [0.3, 0.4) is 0 Å². The van der Waals surface area contributed by atoms with Crippen molar-refractivity contribution in [2.24, 2.45) is 5.92 Å². The van der Waals surface area contributed by atoms with E-state index in [9.17, 15) is 9.90 Å². The molecule has 1 aliphatic carbocycles. The number of rotatable bonds is 2. The van der Waals surface area contributed by atoms with Gasteiger partial charge in [0.05, 0.1) is 5.60 Å². The van der Waals surface area contributed by atoms with Crippen LogP contribution in [0.25, 0.3) is 0 Å². The Labute approximate surface area is 54.9 Å². The molecule has 0 aromatic carbocycles. The third kappa shape index (κ3) is 0.990.